The number of rotatable bonds is 5. The second-order valence-electron chi connectivity index (χ2n) is 8.03. The zero-order valence-corrected chi connectivity index (χ0v) is 18.5. The third kappa shape index (κ3) is 4.16. The first-order valence-corrected chi connectivity index (χ1v) is 10.7. The van der Waals surface area contributed by atoms with Gasteiger partial charge in [0.05, 0.1) is 40.3 Å². The fraction of sp³-hybridized carbons (Fsp3) is 0.167. The second-order valence-corrected chi connectivity index (χ2v) is 8.03. The summed E-state index contributed by atoms with van der Waals surface area (Å²) in [5.74, 6) is -0.911. The molecule has 0 fully saturated rings. The van der Waals surface area contributed by atoms with Crippen LogP contribution in [0.25, 0.3) is 33.5 Å². The summed E-state index contributed by atoms with van der Waals surface area (Å²) in [5, 5.41) is 6.12. The third-order valence-corrected chi connectivity index (χ3v) is 5.65. The van der Waals surface area contributed by atoms with E-state index in [1.54, 1.807) is 41.2 Å². The molecule has 4 aromatic heterocycles. The molecule has 5 rings (SSSR count). The van der Waals surface area contributed by atoms with Crippen molar-refractivity contribution in [1.82, 2.24) is 29.0 Å². The van der Waals surface area contributed by atoms with Crippen LogP contribution < -0.4 is 11.0 Å². The van der Waals surface area contributed by atoms with Crippen molar-refractivity contribution in [2.75, 3.05) is 6.54 Å². The molecule has 8 nitrogen and oxygen atoms in total. The Morgan fingerprint density at radius 2 is 1.83 bits per heavy atom. The minimum absolute atomic E-state index is 0.434. The molecule has 0 aliphatic heterocycles. The first-order chi connectivity index (χ1) is 16.7. The van der Waals surface area contributed by atoms with Crippen molar-refractivity contribution >= 4 is 22.5 Å². The highest BCUT2D eigenvalue weighted by molar-refractivity contribution is 5.84. The molecule has 1 amide bonds. The van der Waals surface area contributed by atoms with Gasteiger partial charge in [-0.15, -0.1) is 0 Å². The van der Waals surface area contributed by atoms with Gasteiger partial charge in [-0.2, -0.15) is 18.3 Å². The fourth-order valence-electron chi connectivity index (χ4n) is 4.07. The Morgan fingerprint density at radius 3 is 2.57 bits per heavy atom. The van der Waals surface area contributed by atoms with Crippen molar-refractivity contribution in [2.45, 2.75) is 19.6 Å². The van der Waals surface area contributed by atoms with E-state index < -0.39 is 30.9 Å². The van der Waals surface area contributed by atoms with Crippen LogP contribution in [0.2, 0.25) is 0 Å². The first-order valence-electron chi connectivity index (χ1n) is 10.7. The third-order valence-electron chi connectivity index (χ3n) is 5.65. The standard InChI is InChI=1S/C24H19F3N6O2/c1-15-5-4-7-20-22(15)33(23(35)31(20)13-21(34)29-14-24(25,26)27)16-8-9-18(28-11-16)17-12-30-32-10-3-2-6-19(17)32/h2-12H,13-14H2,1H3,(H,29,34). The SMILES string of the molecule is Cc1cccc2c1n(-c1ccc(-c3cnn4ccccc34)nc1)c(=O)n2CC(=O)NCC(F)(F)F. The molecule has 0 aliphatic rings. The van der Waals surface area contributed by atoms with E-state index in [1.807, 2.05) is 42.7 Å². The number of hydrogen-bond donors (Lipinski definition) is 1. The molecule has 0 radical (unpaired) electrons. The lowest BCUT2D eigenvalue weighted by Gasteiger charge is -2.08. The van der Waals surface area contributed by atoms with Gasteiger partial charge < -0.3 is 5.32 Å². The van der Waals surface area contributed by atoms with Crippen LogP contribution in [-0.4, -0.2) is 42.4 Å². The number of aromatic nitrogens is 5. The van der Waals surface area contributed by atoms with Crippen molar-refractivity contribution in [3.05, 3.63) is 83.2 Å². The Balaban J connectivity index is 1.55. The average molecular weight is 480 g/mol. The van der Waals surface area contributed by atoms with E-state index in [0.717, 1.165) is 21.2 Å². The van der Waals surface area contributed by atoms with Gasteiger partial charge in [-0.1, -0.05) is 18.2 Å². The Morgan fingerprint density at radius 1 is 1.03 bits per heavy atom. The number of halogens is 3. The number of carbonyl (C=O) groups excluding carboxylic acids is 1. The van der Waals surface area contributed by atoms with Crippen LogP contribution in [0.1, 0.15) is 5.56 Å². The monoisotopic (exact) mass is 480 g/mol. The molecular formula is C24H19F3N6O2. The molecular weight excluding hydrogens is 461 g/mol. The van der Waals surface area contributed by atoms with Gasteiger partial charge >= 0.3 is 11.9 Å². The summed E-state index contributed by atoms with van der Waals surface area (Å²) in [6.07, 6.45) is 0.539. The zero-order chi connectivity index (χ0) is 24.7. The Labute approximate surface area is 196 Å². The average Bonchev–Trinajstić information content (AvgIpc) is 3.38. The van der Waals surface area contributed by atoms with Crippen LogP contribution in [0.15, 0.2) is 71.9 Å². The van der Waals surface area contributed by atoms with Crippen molar-refractivity contribution in [1.29, 1.82) is 0 Å². The number of aryl methyl sites for hydroxylation is 1. The van der Waals surface area contributed by atoms with Crippen molar-refractivity contribution in [3.8, 4) is 16.9 Å². The molecule has 1 aromatic carbocycles. The van der Waals surface area contributed by atoms with E-state index in [1.165, 1.54) is 4.57 Å². The molecule has 35 heavy (non-hydrogen) atoms. The second kappa shape index (κ2) is 8.42. The molecule has 0 aliphatic carbocycles. The molecule has 0 saturated heterocycles. The summed E-state index contributed by atoms with van der Waals surface area (Å²) < 4.78 is 41.8. The van der Waals surface area contributed by atoms with Crippen molar-refractivity contribution < 1.29 is 18.0 Å². The van der Waals surface area contributed by atoms with E-state index in [2.05, 4.69) is 10.1 Å². The first kappa shape index (κ1) is 22.4. The summed E-state index contributed by atoms with van der Waals surface area (Å²) in [6, 6.07) is 14.4. The Hall–Kier alpha value is -4.41. The van der Waals surface area contributed by atoms with E-state index in [-0.39, 0.29) is 0 Å². The minimum atomic E-state index is -4.54. The van der Waals surface area contributed by atoms with Gasteiger partial charge in [0, 0.05) is 11.8 Å². The molecule has 5 aromatic rings. The number of pyridine rings is 2. The Kier molecular flexibility index (Phi) is 5.39. The number of benzene rings is 1. The summed E-state index contributed by atoms with van der Waals surface area (Å²) in [6.45, 7) is -0.198. The van der Waals surface area contributed by atoms with Gasteiger partial charge in [-0.25, -0.2) is 9.31 Å². The number of nitrogens with zero attached hydrogens (tertiary/aromatic N) is 5. The number of alkyl halides is 3. The van der Waals surface area contributed by atoms with E-state index in [4.69, 9.17) is 0 Å². The van der Waals surface area contributed by atoms with Crippen molar-refractivity contribution in [2.24, 2.45) is 0 Å². The van der Waals surface area contributed by atoms with E-state index >= 15 is 0 Å². The number of hydrogen-bond acceptors (Lipinski definition) is 4. The Bertz CT molecular complexity index is 1610. The highest BCUT2D eigenvalue weighted by Crippen LogP contribution is 2.25. The molecule has 178 valence electrons. The summed E-state index contributed by atoms with van der Waals surface area (Å²) in [5.41, 5.74) is 4.02. The lowest BCUT2D eigenvalue weighted by atomic mass is 10.1. The molecule has 0 unspecified atom stereocenters. The predicted octanol–water partition coefficient (Wildman–Crippen LogP) is 3.49. The lowest BCUT2D eigenvalue weighted by Crippen LogP contribution is -2.37. The largest absolute Gasteiger partial charge is 0.405 e. The van der Waals surface area contributed by atoms with Gasteiger partial charge in [-0.05, 0) is 42.8 Å². The highest BCUT2D eigenvalue weighted by Gasteiger charge is 2.28. The van der Waals surface area contributed by atoms with Crippen LogP contribution >= 0.6 is 0 Å². The number of fused-ring (bicyclic) bond motifs is 2. The smallest absolute Gasteiger partial charge is 0.345 e. The van der Waals surface area contributed by atoms with Crippen LogP contribution in [-0.2, 0) is 11.3 Å². The zero-order valence-electron chi connectivity index (χ0n) is 18.5. The van der Waals surface area contributed by atoms with Crippen molar-refractivity contribution in [3.63, 3.8) is 0 Å². The lowest BCUT2D eigenvalue weighted by molar-refractivity contribution is -0.138. The number of carbonyl (C=O) groups is 1. The van der Waals surface area contributed by atoms with Gasteiger partial charge in [0.15, 0.2) is 0 Å². The van der Waals surface area contributed by atoms with Crippen LogP contribution in [0, 0.1) is 6.92 Å². The highest BCUT2D eigenvalue weighted by atomic mass is 19.4. The molecule has 4 heterocycles. The van der Waals surface area contributed by atoms with E-state index in [0.29, 0.717) is 22.4 Å². The molecule has 0 spiro atoms. The summed E-state index contributed by atoms with van der Waals surface area (Å²) in [4.78, 5) is 30.0. The quantitative estimate of drug-likeness (QED) is 0.417. The number of nitrogens with one attached hydrogen (secondary N) is 1. The molecule has 1 N–H and O–H groups in total. The summed E-state index contributed by atoms with van der Waals surface area (Å²) >= 11 is 0. The molecule has 11 heteroatoms. The fourth-order valence-corrected chi connectivity index (χ4v) is 4.07. The van der Waals surface area contributed by atoms with Crippen LogP contribution in [0.5, 0.6) is 0 Å². The number of para-hydroxylation sites is 1. The topological polar surface area (TPSA) is 86.2 Å². The normalized spacial score (nSPS) is 11.9. The maximum Gasteiger partial charge on any atom is 0.405 e. The molecule has 0 saturated carbocycles. The maximum absolute atomic E-state index is 13.3. The van der Waals surface area contributed by atoms with Crippen LogP contribution in [0.4, 0.5) is 13.2 Å². The van der Waals surface area contributed by atoms with Gasteiger partial charge in [-0.3, -0.25) is 18.9 Å². The van der Waals surface area contributed by atoms with Crippen LogP contribution in [0.3, 0.4) is 0 Å². The minimum Gasteiger partial charge on any atom is -0.345 e. The molecule has 0 atom stereocenters. The number of amides is 1. The van der Waals surface area contributed by atoms with Gasteiger partial charge in [0.2, 0.25) is 5.91 Å². The molecule has 0 bridgehead atoms. The predicted molar refractivity (Wildman–Crippen MR) is 123 cm³/mol. The number of imidazole rings is 1. The maximum atomic E-state index is 13.3. The summed E-state index contributed by atoms with van der Waals surface area (Å²) in [7, 11) is 0. The van der Waals surface area contributed by atoms with E-state index in [9.17, 15) is 22.8 Å². The van der Waals surface area contributed by atoms with Gasteiger partial charge in [0.1, 0.15) is 13.1 Å². The van der Waals surface area contributed by atoms with Gasteiger partial charge in [0.25, 0.3) is 0 Å².